The molecule has 0 radical (unpaired) electrons. The molecule has 0 aliphatic carbocycles. The molecule has 1 unspecified atom stereocenters. The maximum atomic E-state index is 12.8. The average molecular weight is 346 g/mol. The summed E-state index contributed by atoms with van der Waals surface area (Å²) in [4.78, 5) is 16.8. The van der Waals surface area contributed by atoms with Crippen molar-refractivity contribution in [2.45, 2.75) is 12.3 Å². The topological polar surface area (TPSA) is 60.5 Å². The molecule has 1 aromatic heterocycles. The van der Waals surface area contributed by atoms with Gasteiger partial charge in [0.25, 0.3) is 0 Å². The molecular weight excluding hydrogens is 328 g/mol. The number of hydrogen-bond acceptors (Lipinski definition) is 4. The van der Waals surface area contributed by atoms with Crippen LogP contribution in [0.3, 0.4) is 0 Å². The Kier molecular flexibility index (Phi) is 4.51. The molecule has 5 heteroatoms. The van der Waals surface area contributed by atoms with Crippen LogP contribution in [0.5, 0.6) is 17.2 Å². The monoisotopic (exact) mass is 346 g/mol. The minimum atomic E-state index is -0.218. The molecule has 0 bridgehead atoms. The molecule has 1 N–H and O–H groups in total. The van der Waals surface area contributed by atoms with Crippen molar-refractivity contribution in [1.82, 2.24) is 4.98 Å². The summed E-state index contributed by atoms with van der Waals surface area (Å²) in [6.45, 7) is 0.542. The summed E-state index contributed by atoms with van der Waals surface area (Å²) < 4.78 is 11.4. The lowest BCUT2D eigenvalue weighted by Crippen LogP contribution is -2.26. The normalized spacial score (nSPS) is 15.5. The van der Waals surface area contributed by atoms with Gasteiger partial charge in [-0.2, -0.15) is 0 Å². The number of hydrogen-bond donors (Lipinski definition) is 1. The summed E-state index contributed by atoms with van der Waals surface area (Å²) in [6, 6.07) is 18.6. The second-order valence-electron chi connectivity index (χ2n) is 6.03. The van der Waals surface area contributed by atoms with Gasteiger partial charge in [-0.3, -0.25) is 9.78 Å². The molecule has 2 heterocycles. The Morgan fingerprint density at radius 3 is 2.77 bits per heavy atom. The summed E-state index contributed by atoms with van der Waals surface area (Å²) in [5.74, 6) is 1.88. The van der Waals surface area contributed by atoms with E-state index in [2.05, 4.69) is 10.3 Å². The minimum absolute atomic E-state index is 0.0400. The van der Waals surface area contributed by atoms with Crippen LogP contribution in [0.1, 0.15) is 17.9 Å². The summed E-state index contributed by atoms with van der Waals surface area (Å²) >= 11 is 0. The van der Waals surface area contributed by atoms with E-state index in [0.717, 1.165) is 11.3 Å². The molecular formula is C21H18N2O3. The first-order chi connectivity index (χ1) is 12.8. The fourth-order valence-corrected chi connectivity index (χ4v) is 3.02. The van der Waals surface area contributed by atoms with Crippen molar-refractivity contribution in [2.75, 3.05) is 11.9 Å². The van der Waals surface area contributed by atoms with Crippen LogP contribution in [-0.2, 0) is 4.79 Å². The van der Waals surface area contributed by atoms with Gasteiger partial charge in [-0.15, -0.1) is 0 Å². The number of amides is 1. The SMILES string of the molecule is O=C(Nc1cccc(Oc2ccncc2)c1)C1CCOc2ccccc21. The molecule has 0 saturated heterocycles. The zero-order chi connectivity index (χ0) is 17.8. The molecule has 1 aliphatic rings. The molecule has 4 rings (SSSR count). The molecule has 130 valence electrons. The molecule has 3 aromatic rings. The van der Waals surface area contributed by atoms with Crippen LogP contribution in [0.2, 0.25) is 0 Å². The van der Waals surface area contributed by atoms with Gasteiger partial charge in [0.2, 0.25) is 5.91 Å². The van der Waals surface area contributed by atoms with Gasteiger partial charge < -0.3 is 14.8 Å². The Hall–Kier alpha value is -3.34. The fraction of sp³-hybridized carbons (Fsp3) is 0.143. The Morgan fingerprint density at radius 2 is 1.88 bits per heavy atom. The lowest BCUT2D eigenvalue weighted by atomic mass is 9.92. The molecule has 5 nitrogen and oxygen atoms in total. The number of ether oxygens (including phenoxy) is 2. The predicted molar refractivity (Wildman–Crippen MR) is 98.7 cm³/mol. The highest BCUT2D eigenvalue weighted by Gasteiger charge is 2.27. The molecule has 0 spiro atoms. The third kappa shape index (κ3) is 3.52. The van der Waals surface area contributed by atoms with Crippen molar-refractivity contribution < 1.29 is 14.3 Å². The van der Waals surface area contributed by atoms with Gasteiger partial charge >= 0.3 is 0 Å². The van der Waals surface area contributed by atoms with Crippen LogP contribution < -0.4 is 14.8 Å². The number of nitrogens with zero attached hydrogens (tertiary/aromatic N) is 1. The smallest absolute Gasteiger partial charge is 0.232 e. The van der Waals surface area contributed by atoms with E-state index in [0.29, 0.717) is 30.2 Å². The first-order valence-corrected chi connectivity index (χ1v) is 8.50. The number of rotatable bonds is 4. The van der Waals surface area contributed by atoms with Crippen molar-refractivity contribution in [3.05, 3.63) is 78.6 Å². The van der Waals surface area contributed by atoms with Gasteiger partial charge in [-0.25, -0.2) is 0 Å². The van der Waals surface area contributed by atoms with Crippen LogP contribution in [0.25, 0.3) is 0 Å². The minimum Gasteiger partial charge on any atom is -0.493 e. The summed E-state index contributed by atoms with van der Waals surface area (Å²) in [6.07, 6.45) is 4.00. The van der Waals surface area contributed by atoms with E-state index < -0.39 is 0 Å². The second kappa shape index (κ2) is 7.27. The molecule has 0 fully saturated rings. The highest BCUT2D eigenvalue weighted by Crippen LogP contribution is 2.34. The highest BCUT2D eigenvalue weighted by molar-refractivity contribution is 5.96. The van der Waals surface area contributed by atoms with Gasteiger partial charge in [0.05, 0.1) is 12.5 Å². The molecule has 1 amide bonds. The number of pyridine rings is 1. The van der Waals surface area contributed by atoms with Crippen LogP contribution in [0.4, 0.5) is 5.69 Å². The molecule has 1 atom stereocenters. The molecule has 0 saturated carbocycles. The first-order valence-electron chi connectivity index (χ1n) is 8.50. The third-order valence-corrected chi connectivity index (χ3v) is 4.26. The van der Waals surface area contributed by atoms with Crippen molar-refractivity contribution in [1.29, 1.82) is 0 Å². The van der Waals surface area contributed by atoms with E-state index in [1.807, 2.05) is 48.5 Å². The van der Waals surface area contributed by atoms with Crippen molar-refractivity contribution in [3.8, 4) is 17.2 Å². The van der Waals surface area contributed by atoms with Crippen LogP contribution in [0, 0.1) is 0 Å². The number of para-hydroxylation sites is 1. The number of nitrogens with one attached hydrogen (secondary N) is 1. The number of aromatic nitrogens is 1. The molecule has 2 aromatic carbocycles. The largest absolute Gasteiger partial charge is 0.493 e. The number of benzene rings is 2. The maximum absolute atomic E-state index is 12.8. The summed E-state index contributed by atoms with van der Waals surface area (Å²) in [5.41, 5.74) is 1.63. The second-order valence-corrected chi connectivity index (χ2v) is 6.03. The Labute approximate surface area is 151 Å². The zero-order valence-electron chi connectivity index (χ0n) is 14.1. The molecule has 26 heavy (non-hydrogen) atoms. The quantitative estimate of drug-likeness (QED) is 0.762. The van der Waals surface area contributed by atoms with Crippen molar-refractivity contribution in [3.63, 3.8) is 0 Å². The molecule has 1 aliphatic heterocycles. The Bertz CT molecular complexity index is 912. The summed E-state index contributed by atoms with van der Waals surface area (Å²) in [5, 5.41) is 2.99. The van der Waals surface area contributed by atoms with Crippen molar-refractivity contribution >= 4 is 11.6 Å². The van der Waals surface area contributed by atoms with Gasteiger partial charge in [0.1, 0.15) is 17.2 Å². The van der Waals surface area contributed by atoms with E-state index in [1.165, 1.54) is 0 Å². The Morgan fingerprint density at radius 1 is 1.04 bits per heavy atom. The first kappa shape index (κ1) is 16.1. The fourth-order valence-electron chi connectivity index (χ4n) is 3.02. The predicted octanol–water partition coefficient (Wildman–Crippen LogP) is 4.38. The lowest BCUT2D eigenvalue weighted by Gasteiger charge is -2.25. The van der Waals surface area contributed by atoms with Gasteiger partial charge in [0, 0.05) is 29.7 Å². The number of carbonyl (C=O) groups is 1. The lowest BCUT2D eigenvalue weighted by molar-refractivity contribution is -0.118. The third-order valence-electron chi connectivity index (χ3n) is 4.26. The zero-order valence-corrected chi connectivity index (χ0v) is 14.1. The van der Waals surface area contributed by atoms with E-state index in [9.17, 15) is 4.79 Å². The van der Waals surface area contributed by atoms with Crippen LogP contribution >= 0.6 is 0 Å². The van der Waals surface area contributed by atoms with E-state index in [-0.39, 0.29) is 11.8 Å². The van der Waals surface area contributed by atoms with Gasteiger partial charge in [0.15, 0.2) is 0 Å². The van der Waals surface area contributed by atoms with E-state index in [1.54, 1.807) is 24.5 Å². The van der Waals surface area contributed by atoms with Gasteiger partial charge in [-0.1, -0.05) is 24.3 Å². The number of fused-ring (bicyclic) bond motifs is 1. The van der Waals surface area contributed by atoms with Crippen molar-refractivity contribution in [2.24, 2.45) is 0 Å². The van der Waals surface area contributed by atoms with E-state index >= 15 is 0 Å². The number of carbonyl (C=O) groups excluding carboxylic acids is 1. The number of anilines is 1. The Balaban J connectivity index is 1.49. The highest BCUT2D eigenvalue weighted by atomic mass is 16.5. The van der Waals surface area contributed by atoms with Crippen LogP contribution in [0.15, 0.2) is 73.1 Å². The maximum Gasteiger partial charge on any atom is 0.232 e. The summed E-state index contributed by atoms with van der Waals surface area (Å²) in [7, 11) is 0. The average Bonchev–Trinajstić information content (AvgIpc) is 2.68. The standard InChI is InChI=1S/C21H18N2O3/c24-21(19-10-13-25-20-7-2-1-6-18(19)20)23-15-4-3-5-17(14-15)26-16-8-11-22-12-9-16/h1-9,11-12,14,19H,10,13H2,(H,23,24). The van der Waals surface area contributed by atoms with Gasteiger partial charge in [-0.05, 0) is 36.8 Å². The van der Waals surface area contributed by atoms with E-state index in [4.69, 9.17) is 9.47 Å². The van der Waals surface area contributed by atoms with Crippen LogP contribution in [-0.4, -0.2) is 17.5 Å².